The minimum absolute atomic E-state index is 0.154. The van der Waals surface area contributed by atoms with Crippen LogP contribution in [-0.2, 0) is 9.59 Å². The standard InChI is InChI=1S/C22H26N2O4/c1-5-24(17-8-6-7-15(2)13-17)21(26)22(11-12-22)20(25)23-16-9-10-18(27-3)19(14-16)28-4/h6-10,13-14H,5,11-12H2,1-4H3,(H,23,25). The molecule has 0 spiro atoms. The van der Waals surface area contributed by atoms with Crippen LogP contribution in [0.3, 0.4) is 0 Å². The van der Waals surface area contributed by atoms with Gasteiger partial charge in [-0.15, -0.1) is 0 Å². The molecule has 28 heavy (non-hydrogen) atoms. The van der Waals surface area contributed by atoms with Gasteiger partial charge in [0.2, 0.25) is 11.8 Å². The highest BCUT2D eigenvalue weighted by Gasteiger charge is 2.58. The summed E-state index contributed by atoms with van der Waals surface area (Å²) in [5.74, 6) is 0.662. The van der Waals surface area contributed by atoms with Gasteiger partial charge in [0, 0.05) is 24.0 Å². The van der Waals surface area contributed by atoms with E-state index in [1.54, 1.807) is 30.2 Å². The van der Waals surface area contributed by atoms with Gasteiger partial charge in [0.25, 0.3) is 0 Å². The average molecular weight is 382 g/mol. The fourth-order valence-corrected chi connectivity index (χ4v) is 3.33. The number of benzene rings is 2. The van der Waals surface area contributed by atoms with Gasteiger partial charge < -0.3 is 19.7 Å². The van der Waals surface area contributed by atoms with Crippen molar-refractivity contribution in [2.45, 2.75) is 26.7 Å². The molecule has 3 rings (SSSR count). The zero-order chi connectivity index (χ0) is 20.3. The summed E-state index contributed by atoms with van der Waals surface area (Å²) < 4.78 is 10.5. The first-order valence-electron chi connectivity index (χ1n) is 9.37. The van der Waals surface area contributed by atoms with Crippen LogP contribution in [0.2, 0.25) is 0 Å². The monoisotopic (exact) mass is 382 g/mol. The SMILES string of the molecule is CCN(C(=O)C1(C(=O)Nc2ccc(OC)c(OC)c2)CC1)c1cccc(C)c1. The predicted molar refractivity (Wildman–Crippen MR) is 109 cm³/mol. The van der Waals surface area contributed by atoms with E-state index >= 15 is 0 Å². The van der Waals surface area contributed by atoms with E-state index in [9.17, 15) is 9.59 Å². The van der Waals surface area contributed by atoms with Gasteiger partial charge in [-0.05, 0) is 56.5 Å². The first-order chi connectivity index (χ1) is 13.4. The van der Waals surface area contributed by atoms with Crippen LogP contribution in [0.4, 0.5) is 11.4 Å². The zero-order valence-electron chi connectivity index (χ0n) is 16.7. The Bertz CT molecular complexity index is 890. The molecule has 1 N–H and O–H groups in total. The Balaban J connectivity index is 1.80. The predicted octanol–water partition coefficient (Wildman–Crippen LogP) is 3.78. The van der Waals surface area contributed by atoms with Crippen LogP contribution in [0.1, 0.15) is 25.3 Å². The average Bonchev–Trinajstić information content (AvgIpc) is 3.50. The van der Waals surface area contributed by atoms with E-state index in [-0.39, 0.29) is 11.8 Å². The molecule has 0 bridgehead atoms. The van der Waals surface area contributed by atoms with Crippen LogP contribution >= 0.6 is 0 Å². The van der Waals surface area contributed by atoms with Crippen molar-refractivity contribution in [3.8, 4) is 11.5 Å². The van der Waals surface area contributed by atoms with Gasteiger partial charge in [0.1, 0.15) is 5.41 Å². The van der Waals surface area contributed by atoms with E-state index < -0.39 is 5.41 Å². The Labute approximate surface area is 165 Å². The normalized spacial score (nSPS) is 14.1. The van der Waals surface area contributed by atoms with Crippen molar-refractivity contribution >= 4 is 23.2 Å². The fourth-order valence-electron chi connectivity index (χ4n) is 3.33. The molecule has 0 aromatic heterocycles. The van der Waals surface area contributed by atoms with Gasteiger partial charge in [-0.25, -0.2) is 0 Å². The molecule has 0 saturated heterocycles. The highest BCUT2D eigenvalue weighted by molar-refractivity contribution is 6.17. The molecule has 2 amide bonds. The van der Waals surface area contributed by atoms with E-state index in [2.05, 4.69) is 5.32 Å². The van der Waals surface area contributed by atoms with Gasteiger partial charge in [0.15, 0.2) is 11.5 Å². The number of aryl methyl sites for hydroxylation is 1. The molecule has 1 aliphatic carbocycles. The minimum atomic E-state index is -1.01. The molecule has 0 atom stereocenters. The third-order valence-electron chi connectivity index (χ3n) is 5.11. The number of amides is 2. The maximum absolute atomic E-state index is 13.2. The summed E-state index contributed by atoms with van der Waals surface area (Å²) >= 11 is 0. The lowest BCUT2D eigenvalue weighted by Crippen LogP contribution is -2.43. The van der Waals surface area contributed by atoms with Gasteiger partial charge >= 0.3 is 0 Å². The molecule has 6 heteroatoms. The number of methoxy groups -OCH3 is 2. The second-order valence-corrected chi connectivity index (χ2v) is 6.99. The van der Waals surface area contributed by atoms with Crippen LogP contribution in [0.25, 0.3) is 0 Å². The Hall–Kier alpha value is -3.02. The third-order valence-corrected chi connectivity index (χ3v) is 5.11. The summed E-state index contributed by atoms with van der Waals surface area (Å²) in [5, 5.41) is 2.87. The maximum atomic E-state index is 13.2. The van der Waals surface area contributed by atoms with E-state index in [1.165, 1.54) is 7.11 Å². The van der Waals surface area contributed by atoms with Gasteiger partial charge in [-0.3, -0.25) is 9.59 Å². The molecule has 1 saturated carbocycles. The number of anilines is 2. The topological polar surface area (TPSA) is 67.9 Å². The second kappa shape index (κ2) is 7.92. The molecule has 0 unspecified atom stereocenters. The molecule has 2 aromatic rings. The molecule has 148 valence electrons. The van der Waals surface area contributed by atoms with Crippen molar-refractivity contribution in [3.63, 3.8) is 0 Å². The summed E-state index contributed by atoms with van der Waals surface area (Å²) in [6, 6.07) is 12.9. The summed E-state index contributed by atoms with van der Waals surface area (Å²) in [7, 11) is 3.09. The number of hydrogen-bond acceptors (Lipinski definition) is 4. The number of carbonyl (C=O) groups is 2. The summed E-state index contributed by atoms with van der Waals surface area (Å²) in [4.78, 5) is 27.9. The summed E-state index contributed by atoms with van der Waals surface area (Å²) in [5.41, 5.74) is 1.45. The molecule has 0 aliphatic heterocycles. The number of rotatable bonds is 7. The van der Waals surface area contributed by atoms with E-state index in [0.717, 1.165) is 11.3 Å². The van der Waals surface area contributed by atoms with Crippen LogP contribution in [0.15, 0.2) is 42.5 Å². The molecular formula is C22H26N2O4. The lowest BCUT2D eigenvalue weighted by molar-refractivity contribution is -0.132. The molecular weight excluding hydrogens is 356 g/mol. The quantitative estimate of drug-likeness (QED) is 0.740. The zero-order valence-corrected chi connectivity index (χ0v) is 16.7. The van der Waals surface area contributed by atoms with Crippen molar-refractivity contribution in [1.82, 2.24) is 0 Å². The van der Waals surface area contributed by atoms with Crippen LogP contribution < -0.4 is 19.7 Å². The Kier molecular flexibility index (Phi) is 5.58. The number of nitrogens with zero attached hydrogens (tertiary/aromatic N) is 1. The number of nitrogens with one attached hydrogen (secondary N) is 1. The van der Waals surface area contributed by atoms with Gasteiger partial charge in [-0.2, -0.15) is 0 Å². The summed E-state index contributed by atoms with van der Waals surface area (Å²) in [6.45, 7) is 4.41. The van der Waals surface area contributed by atoms with Crippen LogP contribution in [-0.4, -0.2) is 32.6 Å². The van der Waals surface area contributed by atoms with Crippen molar-refractivity contribution < 1.29 is 19.1 Å². The number of ether oxygens (including phenoxy) is 2. The Morgan fingerprint density at radius 3 is 2.36 bits per heavy atom. The Morgan fingerprint density at radius 1 is 1.07 bits per heavy atom. The minimum Gasteiger partial charge on any atom is -0.493 e. The van der Waals surface area contributed by atoms with E-state index in [1.807, 2.05) is 38.1 Å². The first kappa shape index (κ1) is 19.7. The van der Waals surface area contributed by atoms with E-state index in [0.29, 0.717) is 36.6 Å². The van der Waals surface area contributed by atoms with Crippen molar-refractivity contribution in [2.24, 2.45) is 5.41 Å². The van der Waals surface area contributed by atoms with Crippen LogP contribution in [0.5, 0.6) is 11.5 Å². The molecule has 6 nitrogen and oxygen atoms in total. The maximum Gasteiger partial charge on any atom is 0.242 e. The largest absolute Gasteiger partial charge is 0.493 e. The number of carbonyl (C=O) groups excluding carboxylic acids is 2. The second-order valence-electron chi connectivity index (χ2n) is 6.99. The summed E-state index contributed by atoms with van der Waals surface area (Å²) in [6.07, 6.45) is 1.10. The third kappa shape index (κ3) is 3.67. The van der Waals surface area contributed by atoms with Crippen molar-refractivity contribution in [1.29, 1.82) is 0 Å². The van der Waals surface area contributed by atoms with Gasteiger partial charge in [0.05, 0.1) is 14.2 Å². The lowest BCUT2D eigenvalue weighted by Gasteiger charge is -2.26. The molecule has 1 fully saturated rings. The molecule has 0 heterocycles. The number of hydrogen-bond donors (Lipinski definition) is 1. The van der Waals surface area contributed by atoms with Crippen LogP contribution in [0, 0.1) is 12.3 Å². The first-order valence-corrected chi connectivity index (χ1v) is 9.37. The highest BCUT2D eigenvalue weighted by atomic mass is 16.5. The molecule has 1 aliphatic rings. The Morgan fingerprint density at radius 2 is 1.79 bits per heavy atom. The van der Waals surface area contributed by atoms with E-state index in [4.69, 9.17) is 9.47 Å². The highest BCUT2D eigenvalue weighted by Crippen LogP contribution is 2.49. The fraction of sp³-hybridized carbons (Fsp3) is 0.364. The molecule has 2 aromatic carbocycles. The lowest BCUT2D eigenvalue weighted by atomic mass is 10.0. The smallest absolute Gasteiger partial charge is 0.242 e. The van der Waals surface area contributed by atoms with Crippen molar-refractivity contribution in [3.05, 3.63) is 48.0 Å². The van der Waals surface area contributed by atoms with Gasteiger partial charge in [-0.1, -0.05) is 12.1 Å². The molecule has 0 radical (unpaired) electrons. The van der Waals surface area contributed by atoms with Crippen molar-refractivity contribution in [2.75, 3.05) is 31.0 Å².